The van der Waals surface area contributed by atoms with Crippen molar-refractivity contribution in [2.45, 2.75) is 25.4 Å². The monoisotopic (exact) mass is 223 g/mol. The molecule has 4 heteroatoms. The highest BCUT2D eigenvalue weighted by Gasteiger charge is 2.10. The molecule has 88 valence electrons. The summed E-state index contributed by atoms with van der Waals surface area (Å²) in [6.45, 7) is 0. The van der Waals surface area contributed by atoms with Crippen LogP contribution in [0.15, 0.2) is 30.3 Å². The summed E-state index contributed by atoms with van der Waals surface area (Å²) in [7, 11) is 1.37. The van der Waals surface area contributed by atoms with Gasteiger partial charge in [0.25, 0.3) is 0 Å². The molecule has 0 heterocycles. The molecule has 0 radical (unpaired) electrons. The molecule has 0 spiro atoms. The zero-order valence-electron chi connectivity index (χ0n) is 9.35. The summed E-state index contributed by atoms with van der Waals surface area (Å²) in [5, 5.41) is 9.59. The van der Waals surface area contributed by atoms with Crippen LogP contribution in [0.1, 0.15) is 18.4 Å². The van der Waals surface area contributed by atoms with Crippen LogP contribution in [0, 0.1) is 0 Å². The molecule has 0 fully saturated rings. The van der Waals surface area contributed by atoms with E-state index in [1.54, 1.807) is 0 Å². The molecule has 0 saturated heterocycles. The molecule has 1 amide bonds. The smallest absolute Gasteiger partial charge is 0.246 e. The number of hydrogen-bond donors (Lipinski definition) is 2. The van der Waals surface area contributed by atoms with Crippen LogP contribution in [-0.4, -0.2) is 24.2 Å². The van der Waals surface area contributed by atoms with Crippen LogP contribution in [-0.2, 0) is 16.1 Å². The van der Waals surface area contributed by atoms with Crippen molar-refractivity contribution in [3.63, 3.8) is 0 Å². The molecular weight excluding hydrogens is 206 g/mol. The molecule has 1 unspecified atom stereocenters. The van der Waals surface area contributed by atoms with Crippen LogP contribution in [0.2, 0.25) is 0 Å². The summed E-state index contributed by atoms with van der Waals surface area (Å²) in [6, 6.07) is 9.87. The summed E-state index contributed by atoms with van der Waals surface area (Å²) in [5.41, 5.74) is 3.34. The Labute approximate surface area is 95.2 Å². The SMILES string of the molecule is CONC(=O)CC(O)CCc1ccccc1. The number of aliphatic hydroxyl groups excluding tert-OH is 1. The third-order valence-corrected chi connectivity index (χ3v) is 2.25. The number of nitrogens with one attached hydrogen (secondary N) is 1. The van der Waals surface area contributed by atoms with Crippen molar-refractivity contribution in [1.29, 1.82) is 0 Å². The molecule has 0 aromatic heterocycles. The molecule has 0 bridgehead atoms. The van der Waals surface area contributed by atoms with E-state index in [1.807, 2.05) is 30.3 Å². The minimum absolute atomic E-state index is 0.0701. The van der Waals surface area contributed by atoms with Crippen molar-refractivity contribution in [1.82, 2.24) is 5.48 Å². The number of hydroxylamine groups is 1. The van der Waals surface area contributed by atoms with Gasteiger partial charge < -0.3 is 5.11 Å². The van der Waals surface area contributed by atoms with Crippen molar-refractivity contribution in [3.05, 3.63) is 35.9 Å². The largest absolute Gasteiger partial charge is 0.393 e. The standard InChI is InChI=1S/C12H17NO3/c1-16-13-12(15)9-11(14)8-7-10-5-3-2-4-6-10/h2-6,11,14H,7-9H2,1H3,(H,13,15). The van der Waals surface area contributed by atoms with Gasteiger partial charge in [0.15, 0.2) is 0 Å². The average Bonchev–Trinajstić information content (AvgIpc) is 2.28. The van der Waals surface area contributed by atoms with Crippen LogP contribution in [0.25, 0.3) is 0 Å². The average molecular weight is 223 g/mol. The number of aliphatic hydroxyl groups is 1. The van der Waals surface area contributed by atoms with E-state index in [1.165, 1.54) is 7.11 Å². The number of aryl methyl sites for hydroxylation is 1. The number of carbonyl (C=O) groups is 1. The molecule has 0 aliphatic carbocycles. The van der Waals surface area contributed by atoms with Crippen LogP contribution in [0.3, 0.4) is 0 Å². The second-order valence-electron chi connectivity index (χ2n) is 3.61. The molecule has 0 saturated carbocycles. The first-order valence-electron chi connectivity index (χ1n) is 5.26. The number of rotatable bonds is 6. The molecule has 1 aromatic carbocycles. The van der Waals surface area contributed by atoms with Gasteiger partial charge in [-0.2, -0.15) is 0 Å². The maximum atomic E-state index is 11.1. The molecule has 0 aliphatic heterocycles. The topological polar surface area (TPSA) is 58.6 Å². The summed E-state index contributed by atoms with van der Waals surface area (Å²) >= 11 is 0. The number of hydrogen-bond acceptors (Lipinski definition) is 3. The fraction of sp³-hybridized carbons (Fsp3) is 0.417. The van der Waals surface area contributed by atoms with Gasteiger partial charge in [0, 0.05) is 0 Å². The van der Waals surface area contributed by atoms with Crippen LogP contribution in [0.4, 0.5) is 0 Å². The Morgan fingerprint density at radius 1 is 1.44 bits per heavy atom. The Kier molecular flexibility index (Phi) is 5.53. The van der Waals surface area contributed by atoms with E-state index >= 15 is 0 Å². The predicted octanol–water partition coefficient (Wildman–Crippen LogP) is 1.05. The first-order valence-corrected chi connectivity index (χ1v) is 5.26. The van der Waals surface area contributed by atoms with Crippen LogP contribution >= 0.6 is 0 Å². The van der Waals surface area contributed by atoms with Gasteiger partial charge in [0.2, 0.25) is 5.91 Å². The second kappa shape index (κ2) is 6.98. The Bertz CT molecular complexity index is 313. The number of benzene rings is 1. The first kappa shape index (κ1) is 12.7. The first-order chi connectivity index (χ1) is 7.72. The summed E-state index contributed by atoms with van der Waals surface area (Å²) in [4.78, 5) is 15.5. The van der Waals surface area contributed by atoms with Gasteiger partial charge >= 0.3 is 0 Å². The van der Waals surface area contributed by atoms with Gasteiger partial charge in [-0.15, -0.1) is 0 Å². The van der Waals surface area contributed by atoms with E-state index in [4.69, 9.17) is 0 Å². The predicted molar refractivity (Wildman–Crippen MR) is 60.5 cm³/mol. The molecule has 4 nitrogen and oxygen atoms in total. The molecule has 16 heavy (non-hydrogen) atoms. The zero-order chi connectivity index (χ0) is 11.8. The third-order valence-electron chi connectivity index (χ3n) is 2.25. The van der Waals surface area contributed by atoms with Gasteiger partial charge in [-0.1, -0.05) is 30.3 Å². The zero-order valence-corrected chi connectivity index (χ0v) is 9.35. The van der Waals surface area contributed by atoms with Gasteiger partial charge in [0.05, 0.1) is 19.6 Å². The molecular formula is C12H17NO3. The highest BCUT2D eigenvalue weighted by Crippen LogP contribution is 2.06. The minimum atomic E-state index is -0.629. The van der Waals surface area contributed by atoms with E-state index in [0.717, 1.165) is 12.0 Å². The Balaban J connectivity index is 2.25. The maximum Gasteiger partial charge on any atom is 0.246 e. The highest BCUT2D eigenvalue weighted by molar-refractivity contribution is 5.75. The van der Waals surface area contributed by atoms with E-state index in [9.17, 15) is 9.90 Å². The molecule has 1 atom stereocenters. The van der Waals surface area contributed by atoms with Crippen LogP contribution in [0.5, 0.6) is 0 Å². The van der Waals surface area contributed by atoms with Crippen molar-refractivity contribution in [3.8, 4) is 0 Å². The van der Waals surface area contributed by atoms with Crippen molar-refractivity contribution in [2.75, 3.05) is 7.11 Å². The van der Waals surface area contributed by atoms with Gasteiger partial charge in [-0.05, 0) is 18.4 Å². The third kappa shape index (κ3) is 4.91. The van der Waals surface area contributed by atoms with Crippen molar-refractivity contribution in [2.24, 2.45) is 0 Å². The molecule has 1 aromatic rings. The normalized spacial score (nSPS) is 12.1. The maximum absolute atomic E-state index is 11.1. The second-order valence-corrected chi connectivity index (χ2v) is 3.61. The van der Waals surface area contributed by atoms with Crippen LogP contribution < -0.4 is 5.48 Å². The number of amides is 1. The van der Waals surface area contributed by atoms with E-state index in [-0.39, 0.29) is 12.3 Å². The molecule has 1 rings (SSSR count). The molecule has 0 aliphatic rings. The summed E-state index contributed by atoms with van der Waals surface area (Å²) in [6.07, 6.45) is 0.778. The van der Waals surface area contributed by atoms with Crippen molar-refractivity contribution < 1.29 is 14.7 Å². The Morgan fingerprint density at radius 2 is 2.12 bits per heavy atom. The summed E-state index contributed by atoms with van der Waals surface area (Å²) < 4.78 is 0. The number of carbonyl (C=O) groups excluding carboxylic acids is 1. The van der Waals surface area contributed by atoms with E-state index < -0.39 is 6.10 Å². The highest BCUT2D eigenvalue weighted by atomic mass is 16.6. The summed E-state index contributed by atoms with van der Waals surface area (Å²) in [5.74, 6) is -0.303. The van der Waals surface area contributed by atoms with Gasteiger partial charge in [0.1, 0.15) is 0 Å². The van der Waals surface area contributed by atoms with Crippen molar-refractivity contribution >= 4 is 5.91 Å². The molecule has 2 N–H and O–H groups in total. The fourth-order valence-corrected chi connectivity index (χ4v) is 1.45. The minimum Gasteiger partial charge on any atom is -0.393 e. The lowest BCUT2D eigenvalue weighted by molar-refractivity contribution is -0.133. The fourth-order valence-electron chi connectivity index (χ4n) is 1.45. The lowest BCUT2D eigenvalue weighted by Gasteiger charge is -2.09. The lowest BCUT2D eigenvalue weighted by Crippen LogP contribution is -2.26. The van der Waals surface area contributed by atoms with E-state index in [0.29, 0.717) is 6.42 Å². The Hall–Kier alpha value is -1.39. The van der Waals surface area contributed by atoms with E-state index in [2.05, 4.69) is 10.3 Å². The lowest BCUT2D eigenvalue weighted by atomic mass is 10.1. The van der Waals surface area contributed by atoms with Gasteiger partial charge in [-0.3, -0.25) is 9.63 Å². The van der Waals surface area contributed by atoms with Gasteiger partial charge in [-0.25, -0.2) is 5.48 Å². The Morgan fingerprint density at radius 3 is 2.75 bits per heavy atom. The quantitative estimate of drug-likeness (QED) is 0.709.